The van der Waals surface area contributed by atoms with Crippen molar-refractivity contribution in [3.05, 3.63) is 53.8 Å². The maximum atomic E-state index is 13.2. The minimum atomic E-state index is -3.64. The summed E-state index contributed by atoms with van der Waals surface area (Å²) in [5, 5.41) is 2.58. The van der Waals surface area contributed by atoms with Gasteiger partial charge in [-0.2, -0.15) is 0 Å². The Hall–Kier alpha value is -2.81. The van der Waals surface area contributed by atoms with Crippen LogP contribution in [0.1, 0.15) is 10.4 Å². The second-order valence-electron chi connectivity index (χ2n) is 5.64. The molecule has 0 aliphatic rings. The highest BCUT2D eigenvalue weighted by molar-refractivity contribution is 7.92. The largest absolute Gasteiger partial charge is 0.497 e. The van der Waals surface area contributed by atoms with Gasteiger partial charge in [-0.15, -0.1) is 0 Å². The van der Waals surface area contributed by atoms with E-state index in [1.165, 1.54) is 32.4 Å². The number of halogens is 1. The topological polar surface area (TPSA) is 84.9 Å². The van der Waals surface area contributed by atoms with Crippen molar-refractivity contribution < 1.29 is 27.1 Å². The van der Waals surface area contributed by atoms with Crippen LogP contribution in [0.25, 0.3) is 0 Å². The number of rotatable bonds is 8. The minimum Gasteiger partial charge on any atom is -0.497 e. The van der Waals surface area contributed by atoms with E-state index in [1.54, 1.807) is 18.2 Å². The van der Waals surface area contributed by atoms with Crippen LogP contribution < -0.4 is 19.1 Å². The van der Waals surface area contributed by atoms with Crippen molar-refractivity contribution in [1.82, 2.24) is 5.32 Å². The highest BCUT2D eigenvalue weighted by Gasteiger charge is 2.21. The lowest BCUT2D eigenvalue weighted by atomic mass is 10.2. The van der Waals surface area contributed by atoms with Crippen molar-refractivity contribution in [3.8, 4) is 11.5 Å². The summed E-state index contributed by atoms with van der Waals surface area (Å²) in [7, 11) is -0.726. The third-order valence-electron chi connectivity index (χ3n) is 3.74. The van der Waals surface area contributed by atoms with E-state index in [0.717, 1.165) is 16.6 Å². The monoisotopic (exact) mass is 396 g/mol. The van der Waals surface area contributed by atoms with E-state index in [-0.39, 0.29) is 18.7 Å². The molecule has 0 atom stereocenters. The molecule has 1 amide bonds. The van der Waals surface area contributed by atoms with Gasteiger partial charge in [-0.25, -0.2) is 12.8 Å². The summed E-state index contributed by atoms with van der Waals surface area (Å²) < 4.78 is 49.1. The maximum Gasteiger partial charge on any atom is 0.251 e. The number of anilines is 1. The molecular formula is C18H21FN2O5S. The molecule has 0 aliphatic heterocycles. The van der Waals surface area contributed by atoms with Gasteiger partial charge in [0.15, 0.2) is 0 Å². The molecule has 0 bridgehead atoms. The fourth-order valence-corrected chi connectivity index (χ4v) is 3.39. The number of carbonyl (C=O) groups excluding carboxylic acids is 1. The maximum absolute atomic E-state index is 13.2. The molecule has 1 N–H and O–H groups in total. The van der Waals surface area contributed by atoms with E-state index >= 15 is 0 Å². The quantitative estimate of drug-likeness (QED) is 0.738. The van der Waals surface area contributed by atoms with Gasteiger partial charge in [0.05, 0.1) is 32.7 Å². The third-order valence-corrected chi connectivity index (χ3v) is 4.92. The Balaban J connectivity index is 2.16. The highest BCUT2D eigenvalue weighted by Crippen LogP contribution is 2.33. The molecular weight excluding hydrogens is 375 g/mol. The molecule has 0 aliphatic carbocycles. The second kappa shape index (κ2) is 8.72. The Morgan fingerprint density at radius 3 is 2.48 bits per heavy atom. The molecule has 7 nitrogen and oxygen atoms in total. The lowest BCUT2D eigenvalue weighted by Gasteiger charge is -2.24. The molecule has 0 unspecified atom stereocenters. The van der Waals surface area contributed by atoms with Crippen molar-refractivity contribution in [2.45, 2.75) is 0 Å². The predicted octanol–water partition coefficient (Wildman–Crippen LogP) is 2.04. The van der Waals surface area contributed by atoms with Gasteiger partial charge in [0.25, 0.3) is 5.91 Å². The molecule has 0 saturated heterocycles. The molecule has 0 radical (unpaired) electrons. The summed E-state index contributed by atoms with van der Waals surface area (Å²) in [5.41, 5.74) is 0.476. The lowest BCUT2D eigenvalue weighted by Crippen LogP contribution is -2.38. The Morgan fingerprint density at radius 1 is 1.15 bits per heavy atom. The first kappa shape index (κ1) is 20.5. The summed E-state index contributed by atoms with van der Waals surface area (Å²) >= 11 is 0. The number of hydrogen-bond acceptors (Lipinski definition) is 5. The zero-order valence-corrected chi connectivity index (χ0v) is 16.0. The molecule has 146 valence electrons. The summed E-state index contributed by atoms with van der Waals surface area (Å²) in [6.07, 6.45) is 1.06. The number of benzene rings is 2. The van der Waals surface area contributed by atoms with Gasteiger partial charge in [0, 0.05) is 18.2 Å². The van der Waals surface area contributed by atoms with Crippen molar-refractivity contribution in [3.63, 3.8) is 0 Å². The number of sulfonamides is 1. The van der Waals surface area contributed by atoms with Crippen LogP contribution in [-0.2, 0) is 10.0 Å². The van der Waals surface area contributed by atoms with Crippen LogP contribution in [-0.4, -0.2) is 47.9 Å². The number of hydrogen-bond donors (Lipinski definition) is 1. The molecule has 0 saturated carbocycles. The average Bonchev–Trinajstić information content (AvgIpc) is 2.63. The fraction of sp³-hybridized carbons (Fsp3) is 0.278. The number of methoxy groups -OCH3 is 2. The van der Waals surface area contributed by atoms with Gasteiger partial charge in [-0.1, -0.05) is 6.07 Å². The Morgan fingerprint density at radius 2 is 1.89 bits per heavy atom. The number of nitrogens with one attached hydrogen (secondary N) is 1. The number of amides is 1. The summed E-state index contributed by atoms with van der Waals surface area (Å²) in [4.78, 5) is 12.1. The van der Waals surface area contributed by atoms with Crippen molar-refractivity contribution in [2.75, 3.05) is 37.9 Å². The van der Waals surface area contributed by atoms with Gasteiger partial charge in [-0.05, 0) is 30.3 Å². The van der Waals surface area contributed by atoms with Crippen LogP contribution in [0.2, 0.25) is 0 Å². The van der Waals surface area contributed by atoms with Crippen LogP contribution >= 0.6 is 0 Å². The molecule has 2 aromatic rings. The highest BCUT2D eigenvalue weighted by atomic mass is 32.2. The van der Waals surface area contributed by atoms with E-state index in [2.05, 4.69) is 5.32 Å². The van der Waals surface area contributed by atoms with Gasteiger partial charge in [-0.3, -0.25) is 9.10 Å². The minimum absolute atomic E-state index is 0.0252. The SMILES string of the molecule is COc1ccc(N(CCNC(=O)c2cccc(F)c2)S(C)(=O)=O)c(OC)c1. The van der Waals surface area contributed by atoms with Gasteiger partial charge in [0.2, 0.25) is 10.0 Å². The first-order chi connectivity index (χ1) is 12.8. The lowest BCUT2D eigenvalue weighted by molar-refractivity contribution is 0.0954. The molecule has 0 aromatic heterocycles. The summed E-state index contributed by atoms with van der Waals surface area (Å²) in [5.74, 6) is -0.187. The Labute approximate surface area is 157 Å². The van der Waals surface area contributed by atoms with Gasteiger partial charge < -0.3 is 14.8 Å². The van der Waals surface area contributed by atoms with E-state index < -0.39 is 21.7 Å². The van der Waals surface area contributed by atoms with Crippen molar-refractivity contribution in [2.24, 2.45) is 0 Å². The Bertz CT molecular complexity index is 918. The second-order valence-corrected chi connectivity index (χ2v) is 7.55. The molecule has 0 heterocycles. The first-order valence-electron chi connectivity index (χ1n) is 7.99. The zero-order valence-electron chi connectivity index (χ0n) is 15.2. The van der Waals surface area contributed by atoms with E-state index in [4.69, 9.17) is 9.47 Å². The molecule has 27 heavy (non-hydrogen) atoms. The number of carbonyl (C=O) groups is 1. The van der Waals surface area contributed by atoms with E-state index in [9.17, 15) is 17.6 Å². The van der Waals surface area contributed by atoms with Crippen LogP contribution in [0.3, 0.4) is 0 Å². The van der Waals surface area contributed by atoms with Crippen LogP contribution in [0.15, 0.2) is 42.5 Å². The third kappa shape index (κ3) is 5.33. The molecule has 0 fully saturated rings. The van der Waals surface area contributed by atoms with Crippen molar-refractivity contribution in [1.29, 1.82) is 0 Å². The summed E-state index contributed by atoms with van der Waals surface area (Å²) in [6, 6.07) is 9.98. The van der Waals surface area contributed by atoms with E-state index in [1.807, 2.05) is 0 Å². The van der Waals surface area contributed by atoms with Gasteiger partial charge >= 0.3 is 0 Å². The first-order valence-corrected chi connectivity index (χ1v) is 9.84. The van der Waals surface area contributed by atoms with Crippen molar-refractivity contribution >= 4 is 21.6 Å². The van der Waals surface area contributed by atoms with Crippen LogP contribution in [0.4, 0.5) is 10.1 Å². The predicted molar refractivity (Wildman–Crippen MR) is 100 cm³/mol. The molecule has 9 heteroatoms. The van der Waals surface area contributed by atoms with E-state index in [0.29, 0.717) is 17.2 Å². The normalized spacial score (nSPS) is 11.0. The smallest absolute Gasteiger partial charge is 0.251 e. The van der Waals surface area contributed by atoms with Crippen LogP contribution in [0.5, 0.6) is 11.5 Å². The fourth-order valence-electron chi connectivity index (χ4n) is 2.46. The number of ether oxygens (including phenoxy) is 2. The summed E-state index contributed by atoms with van der Waals surface area (Å²) in [6.45, 7) is 0.000177. The molecule has 0 spiro atoms. The number of nitrogens with zero attached hydrogens (tertiary/aromatic N) is 1. The molecule has 2 rings (SSSR count). The van der Waals surface area contributed by atoms with Crippen LogP contribution in [0, 0.1) is 5.82 Å². The molecule has 2 aromatic carbocycles. The zero-order chi connectivity index (χ0) is 20.0. The average molecular weight is 396 g/mol. The van der Waals surface area contributed by atoms with Gasteiger partial charge in [0.1, 0.15) is 17.3 Å². The standard InChI is InChI=1S/C18H21FN2O5S/c1-25-15-7-8-16(17(12-15)26-2)21(27(3,23)24)10-9-20-18(22)13-5-4-6-14(19)11-13/h4-8,11-12H,9-10H2,1-3H3,(H,20,22). The Kier molecular flexibility index (Phi) is 6.62.